The highest BCUT2D eigenvalue weighted by Gasteiger charge is 2.19. The second-order valence-electron chi connectivity index (χ2n) is 6.10. The molecule has 3 nitrogen and oxygen atoms in total. The average Bonchev–Trinajstić information content (AvgIpc) is 2.81. The maximum absolute atomic E-state index is 5.45. The Balaban J connectivity index is 1.94. The highest BCUT2D eigenvalue weighted by atomic mass is 16.5. The van der Waals surface area contributed by atoms with E-state index in [2.05, 4.69) is 18.3 Å². The van der Waals surface area contributed by atoms with E-state index >= 15 is 0 Å². The summed E-state index contributed by atoms with van der Waals surface area (Å²) in [7, 11) is 3.42. The molecule has 1 atom stereocenters. The lowest BCUT2D eigenvalue weighted by atomic mass is 9.93. The van der Waals surface area contributed by atoms with Crippen molar-refractivity contribution in [2.45, 2.75) is 58.0 Å². The van der Waals surface area contributed by atoms with Crippen LogP contribution in [0.5, 0.6) is 11.5 Å². The number of ether oxygens (including phenoxy) is 2. The smallest absolute Gasteiger partial charge is 0.123 e. The lowest BCUT2D eigenvalue weighted by Gasteiger charge is -2.24. The van der Waals surface area contributed by atoms with E-state index in [9.17, 15) is 0 Å². The standard InChI is InChI=1S/C18H29NO2/c1-14(15-8-6-4-5-7-9-15)19-13-16-12-17(20-2)10-11-18(16)21-3/h10-12,14-15,19H,4-9,13H2,1-3H3/t14-/m0/s1. The maximum Gasteiger partial charge on any atom is 0.123 e. The molecule has 0 heterocycles. The van der Waals surface area contributed by atoms with E-state index in [-0.39, 0.29) is 0 Å². The van der Waals surface area contributed by atoms with Crippen molar-refractivity contribution in [1.82, 2.24) is 5.32 Å². The fraction of sp³-hybridized carbons (Fsp3) is 0.667. The van der Waals surface area contributed by atoms with Crippen molar-refractivity contribution in [3.05, 3.63) is 23.8 Å². The van der Waals surface area contributed by atoms with E-state index in [1.807, 2.05) is 12.1 Å². The van der Waals surface area contributed by atoms with Gasteiger partial charge >= 0.3 is 0 Å². The monoisotopic (exact) mass is 291 g/mol. The van der Waals surface area contributed by atoms with Gasteiger partial charge < -0.3 is 14.8 Å². The van der Waals surface area contributed by atoms with Crippen LogP contribution in [-0.2, 0) is 6.54 Å². The minimum absolute atomic E-state index is 0.555. The van der Waals surface area contributed by atoms with Gasteiger partial charge in [-0.15, -0.1) is 0 Å². The van der Waals surface area contributed by atoms with E-state index in [0.29, 0.717) is 6.04 Å². The SMILES string of the molecule is COc1ccc(OC)c(CN[C@@H](C)C2CCCCCC2)c1. The molecule has 0 saturated heterocycles. The summed E-state index contributed by atoms with van der Waals surface area (Å²) in [4.78, 5) is 0. The molecule has 0 spiro atoms. The van der Waals surface area contributed by atoms with Crippen molar-refractivity contribution in [3.63, 3.8) is 0 Å². The van der Waals surface area contributed by atoms with E-state index in [4.69, 9.17) is 9.47 Å². The second-order valence-corrected chi connectivity index (χ2v) is 6.10. The molecule has 2 rings (SSSR count). The van der Waals surface area contributed by atoms with Crippen LogP contribution >= 0.6 is 0 Å². The summed E-state index contributed by atoms with van der Waals surface area (Å²) in [6.45, 7) is 3.15. The third kappa shape index (κ3) is 4.63. The van der Waals surface area contributed by atoms with Crippen LogP contribution in [0.3, 0.4) is 0 Å². The summed E-state index contributed by atoms with van der Waals surface area (Å²) < 4.78 is 10.8. The largest absolute Gasteiger partial charge is 0.497 e. The van der Waals surface area contributed by atoms with Crippen molar-refractivity contribution in [2.24, 2.45) is 5.92 Å². The molecule has 1 fully saturated rings. The van der Waals surface area contributed by atoms with Crippen LogP contribution in [-0.4, -0.2) is 20.3 Å². The number of methoxy groups -OCH3 is 2. The van der Waals surface area contributed by atoms with Crippen LogP contribution in [0, 0.1) is 5.92 Å². The molecule has 0 amide bonds. The Bertz CT molecular complexity index is 425. The van der Waals surface area contributed by atoms with Gasteiger partial charge in [0.25, 0.3) is 0 Å². The molecule has 0 aliphatic heterocycles. The molecular weight excluding hydrogens is 262 g/mol. The quantitative estimate of drug-likeness (QED) is 0.799. The summed E-state index contributed by atoms with van der Waals surface area (Å²) in [5.41, 5.74) is 1.16. The number of hydrogen-bond acceptors (Lipinski definition) is 3. The molecule has 118 valence electrons. The van der Waals surface area contributed by atoms with Gasteiger partial charge in [0, 0.05) is 18.2 Å². The summed E-state index contributed by atoms with van der Waals surface area (Å²) in [6, 6.07) is 6.54. The summed E-state index contributed by atoms with van der Waals surface area (Å²) in [5.74, 6) is 2.62. The minimum atomic E-state index is 0.555. The lowest BCUT2D eigenvalue weighted by Crippen LogP contribution is -2.33. The maximum atomic E-state index is 5.45. The van der Waals surface area contributed by atoms with Gasteiger partial charge in [-0.3, -0.25) is 0 Å². The zero-order valence-electron chi connectivity index (χ0n) is 13.7. The lowest BCUT2D eigenvalue weighted by molar-refractivity contribution is 0.333. The average molecular weight is 291 g/mol. The topological polar surface area (TPSA) is 30.5 Å². The predicted molar refractivity (Wildman–Crippen MR) is 87.0 cm³/mol. The zero-order chi connectivity index (χ0) is 15.1. The molecule has 0 radical (unpaired) electrons. The van der Waals surface area contributed by atoms with Crippen molar-refractivity contribution < 1.29 is 9.47 Å². The number of hydrogen-bond donors (Lipinski definition) is 1. The van der Waals surface area contributed by atoms with Crippen LogP contribution in [0.1, 0.15) is 51.0 Å². The first-order chi connectivity index (χ1) is 10.2. The van der Waals surface area contributed by atoms with Crippen molar-refractivity contribution in [3.8, 4) is 11.5 Å². The first-order valence-corrected chi connectivity index (χ1v) is 8.19. The van der Waals surface area contributed by atoms with Crippen molar-refractivity contribution in [2.75, 3.05) is 14.2 Å². The first-order valence-electron chi connectivity index (χ1n) is 8.19. The number of nitrogens with one attached hydrogen (secondary N) is 1. The molecule has 0 aromatic heterocycles. The third-order valence-corrected chi connectivity index (χ3v) is 4.71. The summed E-state index contributed by atoms with van der Waals surface area (Å²) in [5, 5.41) is 3.69. The molecule has 3 heteroatoms. The molecule has 0 unspecified atom stereocenters. The molecule has 1 aromatic rings. The normalized spacial score (nSPS) is 18.0. The van der Waals surface area contributed by atoms with Crippen molar-refractivity contribution >= 4 is 0 Å². The van der Waals surface area contributed by atoms with Crippen LogP contribution in [0.25, 0.3) is 0 Å². The first kappa shape index (κ1) is 16.2. The minimum Gasteiger partial charge on any atom is -0.497 e. The Morgan fingerprint density at radius 2 is 1.81 bits per heavy atom. The van der Waals surface area contributed by atoms with Gasteiger partial charge in [0.2, 0.25) is 0 Å². The number of benzene rings is 1. The molecule has 1 N–H and O–H groups in total. The molecule has 0 bridgehead atoms. The fourth-order valence-corrected chi connectivity index (χ4v) is 3.27. The molecule has 1 aromatic carbocycles. The van der Waals surface area contributed by atoms with Crippen LogP contribution < -0.4 is 14.8 Å². The third-order valence-electron chi connectivity index (χ3n) is 4.71. The Morgan fingerprint density at radius 3 is 2.43 bits per heavy atom. The van der Waals surface area contributed by atoms with Gasteiger partial charge in [-0.05, 0) is 43.9 Å². The second kappa shape index (κ2) is 8.28. The summed E-state index contributed by atoms with van der Waals surface area (Å²) >= 11 is 0. The Hall–Kier alpha value is -1.22. The Kier molecular flexibility index (Phi) is 6.37. The van der Waals surface area contributed by atoms with Gasteiger partial charge in [-0.1, -0.05) is 25.7 Å². The van der Waals surface area contributed by atoms with E-state index in [0.717, 1.165) is 29.5 Å². The van der Waals surface area contributed by atoms with Gasteiger partial charge in [0.05, 0.1) is 14.2 Å². The van der Waals surface area contributed by atoms with Gasteiger partial charge in [0.1, 0.15) is 11.5 Å². The van der Waals surface area contributed by atoms with Gasteiger partial charge in [0.15, 0.2) is 0 Å². The fourth-order valence-electron chi connectivity index (χ4n) is 3.27. The highest BCUT2D eigenvalue weighted by molar-refractivity contribution is 5.40. The van der Waals surface area contributed by atoms with Crippen LogP contribution in [0.4, 0.5) is 0 Å². The molecule has 1 aliphatic rings. The number of rotatable bonds is 6. The van der Waals surface area contributed by atoms with Crippen LogP contribution in [0.15, 0.2) is 18.2 Å². The van der Waals surface area contributed by atoms with Crippen molar-refractivity contribution in [1.29, 1.82) is 0 Å². The Morgan fingerprint density at radius 1 is 1.10 bits per heavy atom. The highest BCUT2D eigenvalue weighted by Crippen LogP contribution is 2.27. The van der Waals surface area contributed by atoms with Gasteiger partial charge in [-0.25, -0.2) is 0 Å². The van der Waals surface area contributed by atoms with Gasteiger partial charge in [-0.2, -0.15) is 0 Å². The molecule has 1 saturated carbocycles. The molecule has 1 aliphatic carbocycles. The van der Waals surface area contributed by atoms with Crippen LogP contribution in [0.2, 0.25) is 0 Å². The molecular formula is C18H29NO2. The Labute approximate surface area is 129 Å². The van der Waals surface area contributed by atoms with E-state index in [1.165, 1.54) is 38.5 Å². The zero-order valence-corrected chi connectivity index (χ0v) is 13.7. The predicted octanol–water partition coefficient (Wildman–Crippen LogP) is 4.15. The van der Waals surface area contributed by atoms with E-state index in [1.54, 1.807) is 14.2 Å². The molecule has 21 heavy (non-hydrogen) atoms. The van der Waals surface area contributed by atoms with E-state index < -0.39 is 0 Å². The summed E-state index contributed by atoms with van der Waals surface area (Å²) in [6.07, 6.45) is 8.32.